The molecule has 0 atom stereocenters. The van der Waals surface area contributed by atoms with E-state index in [1.54, 1.807) is 31.4 Å². The summed E-state index contributed by atoms with van der Waals surface area (Å²) in [6, 6.07) is 14.6. The van der Waals surface area contributed by atoms with Crippen molar-refractivity contribution < 1.29 is 9.66 Å². The molecule has 0 spiro atoms. The minimum absolute atomic E-state index is 0.130. The second-order valence-corrected chi connectivity index (χ2v) is 4.70. The summed E-state index contributed by atoms with van der Waals surface area (Å²) >= 11 is 0. The lowest BCUT2D eigenvalue weighted by Gasteiger charge is -2.06. The number of benzene rings is 2. The molecule has 21 heavy (non-hydrogen) atoms. The largest absolute Gasteiger partial charge is 0.497 e. The van der Waals surface area contributed by atoms with Crippen molar-refractivity contribution in [3.8, 4) is 5.75 Å². The Balaban J connectivity index is 1.74. The topological polar surface area (TPSA) is 64.4 Å². The highest BCUT2D eigenvalue weighted by molar-refractivity contribution is 5.33. The van der Waals surface area contributed by atoms with Crippen LogP contribution >= 0.6 is 0 Å². The number of methoxy groups -OCH3 is 1. The van der Waals surface area contributed by atoms with Crippen LogP contribution < -0.4 is 10.1 Å². The van der Waals surface area contributed by atoms with Gasteiger partial charge in [-0.1, -0.05) is 24.3 Å². The zero-order chi connectivity index (χ0) is 15.1. The summed E-state index contributed by atoms with van der Waals surface area (Å²) in [6.07, 6.45) is 0.841. The monoisotopic (exact) mass is 286 g/mol. The molecule has 110 valence electrons. The van der Waals surface area contributed by atoms with Gasteiger partial charge in [0.1, 0.15) is 5.75 Å². The van der Waals surface area contributed by atoms with E-state index in [1.807, 2.05) is 24.3 Å². The second kappa shape index (κ2) is 7.40. The van der Waals surface area contributed by atoms with Crippen molar-refractivity contribution in [2.75, 3.05) is 13.7 Å². The molecule has 0 unspecified atom stereocenters. The van der Waals surface area contributed by atoms with Crippen molar-refractivity contribution in [1.82, 2.24) is 5.32 Å². The number of non-ortho nitro benzene ring substituents is 1. The van der Waals surface area contributed by atoms with Crippen LogP contribution in [0.25, 0.3) is 0 Å². The molecule has 2 aromatic rings. The van der Waals surface area contributed by atoms with Gasteiger partial charge in [-0.25, -0.2) is 0 Å². The summed E-state index contributed by atoms with van der Waals surface area (Å²) in [5.74, 6) is 0.852. The highest BCUT2D eigenvalue weighted by Gasteiger charge is 2.03. The van der Waals surface area contributed by atoms with Crippen LogP contribution in [0.1, 0.15) is 11.1 Å². The zero-order valence-electron chi connectivity index (χ0n) is 11.9. The lowest BCUT2D eigenvalue weighted by molar-refractivity contribution is -0.384. The molecule has 0 aliphatic carbocycles. The molecular formula is C16H18N2O3. The van der Waals surface area contributed by atoms with Gasteiger partial charge in [-0.15, -0.1) is 0 Å². The van der Waals surface area contributed by atoms with Gasteiger partial charge < -0.3 is 10.1 Å². The number of nitrogens with zero attached hydrogens (tertiary/aromatic N) is 1. The zero-order valence-corrected chi connectivity index (χ0v) is 11.9. The average Bonchev–Trinajstić information content (AvgIpc) is 2.52. The predicted molar refractivity (Wildman–Crippen MR) is 81.5 cm³/mol. The number of nitrogens with one attached hydrogen (secondary N) is 1. The van der Waals surface area contributed by atoms with Gasteiger partial charge in [-0.2, -0.15) is 0 Å². The minimum Gasteiger partial charge on any atom is -0.497 e. The van der Waals surface area contributed by atoms with Crippen LogP contribution in [-0.4, -0.2) is 18.6 Å². The molecule has 0 fully saturated rings. The third-order valence-electron chi connectivity index (χ3n) is 3.23. The Morgan fingerprint density at radius 1 is 1.05 bits per heavy atom. The Bertz CT molecular complexity index is 579. The van der Waals surface area contributed by atoms with Crippen LogP contribution in [0.3, 0.4) is 0 Å². The quantitative estimate of drug-likeness (QED) is 0.483. The molecule has 0 saturated carbocycles. The highest BCUT2D eigenvalue weighted by Crippen LogP contribution is 2.12. The van der Waals surface area contributed by atoms with E-state index in [-0.39, 0.29) is 10.6 Å². The first kappa shape index (κ1) is 15.0. The van der Waals surface area contributed by atoms with Crippen LogP contribution in [0.15, 0.2) is 48.5 Å². The minimum atomic E-state index is -0.383. The van der Waals surface area contributed by atoms with E-state index in [0.29, 0.717) is 0 Å². The van der Waals surface area contributed by atoms with E-state index in [9.17, 15) is 10.1 Å². The fourth-order valence-electron chi connectivity index (χ4n) is 1.99. The van der Waals surface area contributed by atoms with E-state index in [1.165, 1.54) is 5.56 Å². The van der Waals surface area contributed by atoms with Gasteiger partial charge in [0.25, 0.3) is 5.69 Å². The van der Waals surface area contributed by atoms with E-state index >= 15 is 0 Å². The molecule has 0 aliphatic rings. The van der Waals surface area contributed by atoms with Gasteiger partial charge in [0.05, 0.1) is 12.0 Å². The van der Waals surface area contributed by atoms with E-state index < -0.39 is 0 Å². The molecule has 0 aliphatic heterocycles. The maximum Gasteiger partial charge on any atom is 0.269 e. The number of rotatable bonds is 7. The average molecular weight is 286 g/mol. The van der Waals surface area contributed by atoms with Gasteiger partial charge in [-0.05, 0) is 36.2 Å². The Hall–Kier alpha value is -2.40. The fraction of sp³-hybridized carbons (Fsp3) is 0.250. The first-order valence-electron chi connectivity index (χ1n) is 6.76. The van der Waals surface area contributed by atoms with Crippen molar-refractivity contribution in [2.24, 2.45) is 0 Å². The van der Waals surface area contributed by atoms with Crippen molar-refractivity contribution in [2.45, 2.75) is 13.0 Å². The number of nitro benzene ring substituents is 1. The third-order valence-corrected chi connectivity index (χ3v) is 3.23. The van der Waals surface area contributed by atoms with Crippen LogP contribution in [0.4, 0.5) is 5.69 Å². The van der Waals surface area contributed by atoms with Crippen molar-refractivity contribution in [3.63, 3.8) is 0 Å². The maximum atomic E-state index is 10.6. The second-order valence-electron chi connectivity index (χ2n) is 4.70. The molecule has 2 aromatic carbocycles. The summed E-state index contributed by atoms with van der Waals surface area (Å²) in [5, 5.41) is 13.9. The normalized spacial score (nSPS) is 10.3. The molecule has 0 bridgehead atoms. The molecule has 0 heterocycles. The number of ether oxygens (including phenoxy) is 1. The summed E-state index contributed by atoms with van der Waals surface area (Å²) in [4.78, 5) is 10.2. The van der Waals surface area contributed by atoms with Crippen LogP contribution in [0.2, 0.25) is 0 Å². The summed E-state index contributed by atoms with van der Waals surface area (Å²) in [7, 11) is 1.65. The Morgan fingerprint density at radius 3 is 2.24 bits per heavy atom. The first-order chi connectivity index (χ1) is 10.2. The molecule has 1 N–H and O–H groups in total. The molecule has 5 nitrogen and oxygen atoms in total. The molecular weight excluding hydrogens is 268 g/mol. The number of hydrogen-bond acceptors (Lipinski definition) is 4. The molecule has 0 radical (unpaired) electrons. The highest BCUT2D eigenvalue weighted by atomic mass is 16.6. The van der Waals surface area contributed by atoms with Gasteiger partial charge in [0.2, 0.25) is 0 Å². The predicted octanol–water partition coefficient (Wildman–Crippen LogP) is 2.94. The third kappa shape index (κ3) is 4.57. The van der Waals surface area contributed by atoms with Gasteiger partial charge in [0, 0.05) is 18.7 Å². The molecule has 0 aromatic heterocycles. The SMILES string of the molecule is COc1ccc(CNCCc2ccc([N+](=O)[O-])cc2)cc1. The molecule has 0 amide bonds. The Morgan fingerprint density at radius 2 is 1.67 bits per heavy atom. The van der Waals surface area contributed by atoms with E-state index in [4.69, 9.17) is 4.74 Å². The van der Waals surface area contributed by atoms with Crippen molar-refractivity contribution >= 4 is 5.69 Å². The molecule has 0 saturated heterocycles. The smallest absolute Gasteiger partial charge is 0.269 e. The van der Waals surface area contributed by atoms with Crippen LogP contribution in [-0.2, 0) is 13.0 Å². The number of hydrogen-bond donors (Lipinski definition) is 1. The summed E-state index contributed by atoms with van der Waals surface area (Å²) in [5.41, 5.74) is 2.41. The Kier molecular flexibility index (Phi) is 5.29. The lowest BCUT2D eigenvalue weighted by atomic mass is 10.1. The van der Waals surface area contributed by atoms with Crippen LogP contribution in [0.5, 0.6) is 5.75 Å². The molecule has 2 rings (SSSR count). The van der Waals surface area contributed by atoms with Gasteiger partial charge in [-0.3, -0.25) is 10.1 Å². The van der Waals surface area contributed by atoms with Gasteiger partial charge >= 0.3 is 0 Å². The fourth-order valence-corrected chi connectivity index (χ4v) is 1.99. The van der Waals surface area contributed by atoms with Crippen LogP contribution in [0, 0.1) is 10.1 Å². The first-order valence-corrected chi connectivity index (χ1v) is 6.76. The standard InChI is InChI=1S/C16H18N2O3/c1-21-16-8-4-14(5-9-16)12-17-11-10-13-2-6-15(7-3-13)18(19)20/h2-9,17H,10-12H2,1H3. The summed E-state index contributed by atoms with van der Waals surface area (Å²) in [6.45, 7) is 1.61. The molecule has 5 heteroatoms. The number of nitro groups is 1. The van der Waals surface area contributed by atoms with Crippen molar-refractivity contribution in [1.29, 1.82) is 0 Å². The van der Waals surface area contributed by atoms with E-state index in [0.717, 1.165) is 30.8 Å². The maximum absolute atomic E-state index is 10.6. The van der Waals surface area contributed by atoms with Gasteiger partial charge in [0.15, 0.2) is 0 Å². The Labute approximate surface area is 123 Å². The van der Waals surface area contributed by atoms with Crippen molar-refractivity contribution in [3.05, 3.63) is 69.8 Å². The lowest BCUT2D eigenvalue weighted by Crippen LogP contribution is -2.16. The van der Waals surface area contributed by atoms with E-state index in [2.05, 4.69) is 5.32 Å². The summed E-state index contributed by atoms with van der Waals surface area (Å²) < 4.78 is 5.11.